The van der Waals surface area contributed by atoms with Crippen LogP contribution in [0.4, 0.5) is 0 Å². The van der Waals surface area contributed by atoms with E-state index in [0.717, 1.165) is 0 Å². The third kappa shape index (κ3) is 2.38. The first-order chi connectivity index (χ1) is 7.56. The zero-order chi connectivity index (χ0) is 11.7. The molecule has 0 saturated carbocycles. The van der Waals surface area contributed by atoms with Gasteiger partial charge in [-0.2, -0.15) is 0 Å². The van der Waals surface area contributed by atoms with Gasteiger partial charge in [0.05, 0.1) is 0 Å². The fraction of sp³-hybridized carbons (Fsp3) is 0.500. The molecule has 4 amide bonds. The number of carbonyl (C=O) groups excluding carboxylic acids is 4. The lowest BCUT2D eigenvalue weighted by atomic mass is 10.4. The van der Waals surface area contributed by atoms with Gasteiger partial charge in [0.15, 0.2) is 0 Å². The van der Waals surface area contributed by atoms with Gasteiger partial charge in [-0.25, -0.2) is 0 Å². The van der Waals surface area contributed by atoms with E-state index in [2.05, 4.69) is 10.6 Å². The highest BCUT2D eigenvalue weighted by atomic mass is 33.1. The molecule has 0 spiro atoms. The fourth-order valence-corrected chi connectivity index (χ4v) is 4.09. The van der Waals surface area contributed by atoms with Crippen LogP contribution in [0.1, 0.15) is 12.8 Å². The summed E-state index contributed by atoms with van der Waals surface area (Å²) in [5.41, 5.74) is 0. The highest BCUT2D eigenvalue weighted by Crippen LogP contribution is 2.37. The number of rotatable bonds is 3. The number of carbonyl (C=O) groups is 4. The molecule has 2 aliphatic heterocycles. The lowest BCUT2D eigenvalue weighted by Gasteiger charge is -2.07. The number of hydrogen-bond acceptors (Lipinski definition) is 6. The van der Waals surface area contributed by atoms with Gasteiger partial charge in [-0.3, -0.25) is 29.8 Å². The minimum Gasteiger partial charge on any atom is -0.295 e. The predicted octanol–water partition coefficient (Wildman–Crippen LogP) is -0.802. The van der Waals surface area contributed by atoms with E-state index in [9.17, 15) is 19.2 Å². The van der Waals surface area contributed by atoms with Crippen LogP contribution in [0.5, 0.6) is 0 Å². The minimum absolute atomic E-state index is 0.138. The third-order valence-electron chi connectivity index (χ3n) is 2.14. The Bertz CT molecular complexity index is 348. The van der Waals surface area contributed by atoms with Crippen LogP contribution in [0, 0.1) is 0 Å². The molecule has 0 aromatic heterocycles. The van der Waals surface area contributed by atoms with Crippen LogP contribution in [0.3, 0.4) is 0 Å². The molecule has 0 bridgehead atoms. The highest BCUT2D eigenvalue weighted by Gasteiger charge is 2.36. The summed E-state index contributed by atoms with van der Waals surface area (Å²) in [5, 5.41) is 3.45. The topological polar surface area (TPSA) is 92.3 Å². The normalized spacial score (nSPS) is 29.5. The van der Waals surface area contributed by atoms with Crippen molar-refractivity contribution in [3.05, 3.63) is 0 Å². The van der Waals surface area contributed by atoms with E-state index in [1.807, 2.05) is 0 Å². The van der Waals surface area contributed by atoms with E-state index in [4.69, 9.17) is 0 Å². The summed E-state index contributed by atoms with van der Waals surface area (Å²) >= 11 is 0. The first-order valence-electron chi connectivity index (χ1n) is 4.56. The van der Waals surface area contributed by atoms with Crippen LogP contribution in [0.15, 0.2) is 0 Å². The molecular formula is C8H8N2O4S2. The maximum absolute atomic E-state index is 11.2. The van der Waals surface area contributed by atoms with E-state index in [0.29, 0.717) is 0 Å². The molecule has 0 aliphatic carbocycles. The summed E-state index contributed by atoms with van der Waals surface area (Å²) in [6.07, 6.45) is 0.275. The minimum atomic E-state index is -0.457. The average molecular weight is 260 g/mol. The number of nitrogens with one attached hydrogen (secondary N) is 2. The molecule has 2 atom stereocenters. The second-order valence-electron chi connectivity index (χ2n) is 3.40. The molecule has 0 aromatic carbocycles. The Labute approximate surface area is 98.7 Å². The molecule has 0 radical (unpaired) electrons. The van der Waals surface area contributed by atoms with Crippen LogP contribution in [0.2, 0.25) is 0 Å². The summed E-state index contributed by atoms with van der Waals surface area (Å²) in [7, 11) is 2.34. The zero-order valence-electron chi connectivity index (χ0n) is 8.02. The van der Waals surface area contributed by atoms with E-state index in [1.54, 1.807) is 0 Å². The van der Waals surface area contributed by atoms with Gasteiger partial charge in [0, 0.05) is 12.8 Å². The molecule has 6 nitrogen and oxygen atoms in total. The second-order valence-corrected chi connectivity index (χ2v) is 6.08. The summed E-state index contributed by atoms with van der Waals surface area (Å²) in [6.45, 7) is 0. The van der Waals surface area contributed by atoms with Gasteiger partial charge >= 0.3 is 0 Å². The summed E-state index contributed by atoms with van der Waals surface area (Å²) in [5.74, 6) is -1.25. The molecule has 8 heteroatoms. The van der Waals surface area contributed by atoms with Crippen molar-refractivity contribution in [1.82, 2.24) is 10.6 Å². The molecule has 16 heavy (non-hydrogen) atoms. The summed E-state index contributed by atoms with van der Waals surface area (Å²) in [4.78, 5) is 44.2. The first kappa shape index (κ1) is 11.5. The Kier molecular flexibility index (Phi) is 3.20. The number of hydrogen-bond donors (Lipinski definition) is 2. The largest absolute Gasteiger partial charge is 0.295 e. The maximum atomic E-state index is 11.2. The molecule has 2 rings (SSSR count). The Hall–Kier alpha value is -1.02. The molecule has 86 valence electrons. The first-order valence-corrected chi connectivity index (χ1v) is 6.83. The van der Waals surface area contributed by atoms with Crippen molar-refractivity contribution in [3.63, 3.8) is 0 Å². The van der Waals surface area contributed by atoms with Crippen molar-refractivity contribution >= 4 is 45.2 Å². The average Bonchev–Trinajstić information content (AvgIpc) is 2.66. The van der Waals surface area contributed by atoms with Crippen LogP contribution in [-0.2, 0) is 19.2 Å². The summed E-state index contributed by atoms with van der Waals surface area (Å²) in [6, 6.07) is 0. The quantitative estimate of drug-likeness (QED) is 0.510. The van der Waals surface area contributed by atoms with Crippen molar-refractivity contribution in [2.24, 2.45) is 0 Å². The van der Waals surface area contributed by atoms with E-state index >= 15 is 0 Å². The highest BCUT2D eigenvalue weighted by molar-refractivity contribution is 8.77. The Morgan fingerprint density at radius 2 is 1.19 bits per heavy atom. The van der Waals surface area contributed by atoms with Crippen molar-refractivity contribution in [2.75, 3.05) is 0 Å². The zero-order valence-corrected chi connectivity index (χ0v) is 9.65. The van der Waals surface area contributed by atoms with Gasteiger partial charge in [-0.05, 0) is 0 Å². The van der Waals surface area contributed by atoms with Crippen LogP contribution >= 0.6 is 21.6 Å². The van der Waals surface area contributed by atoms with Gasteiger partial charge < -0.3 is 0 Å². The Morgan fingerprint density at radius 1 is 0.812 bits per heavy atom. The lowest BCUT2D eigenvalue weighted by Crippen LogP contribution is -2.24. The molecule has 2 N–H and O–H groups in total. The van der Waals surface area contributed by atoms with Crippen molar-refractivity contribution in [2.45, 2.75) is 23.3 Å². The molecular weight excluding hydrogens is 252 g/mol. The standard InChI is InChI=1S/C8H8N2O4S2/c11-5-1-3(7(13)9-5)15-16-4-2-6(12)10-8(4)14/h3-4H,1-2H2,(H,9,11,13)(H,10,12,14). The number of imide groups is 2. The molecule has 2 aliphatic rings. The van der Waals surface area contributed by atoms with Gasteiger partial charge in [0.2, 0.25) is 23.6 Å². The van der Waals surface area contributed by atoms with Crippen LogP contribution in [-0.4, -0.2) is 34.1 Å². The SMILES string of the molecule is O=C1CC(SSC2CC(=O)NC2=O)C(=O)N1. The monoisotopic (exact) mass is 260 g/mol. The van der Waals surface area contributed by atoms with Crippen molar-refractivity contribution in [3.8, 4) is 0 Å². The smallest absolute Gasteiger partial charge is 0.241 e. The second kappa shape index (κ2) is 4.46. The van der Waals surface area contributed by atoms with Gasteiger partial charge in [0.25, 0.3) is 0 Å². The Morgan fingerprint density at radius 3 is 1.44 bits per heavy atom. The Balaban J connectivity index is 1.84. The lowest BCUT2D eigenvalue weighted by molar-refractivity contribution is -0.126. The molecule has 2 fully saturated rings. The van der Waals surface area contributed by atoms with Crippen molar-refractivity contribution < 1.29 is 19.2 Å². The van der Waals surface area contributed by atoms with E-state index in [-0.39, 0.29) is 36.5 Å². The number of amides is 4. The van der Waals surface area contributed by atoms with E-state index < -0.39 is 10.5 Å². The van der Waals surface area contributed by atoms with Gasteiger partial charge in [-0.15, -0.1) is 0 Å². The fourth-order valence-electron chi connectivity index (χ4n) is 1.35. The molecule has 0 aromatic rings. The molecule has 2 heterocycles. The van der Waals surface area contributed by atoms with Gasteiger partial charge in [-0.1, -0.05) is 21.6 Å². The van der Waals surface area contributed by atoms with Crippen molar-refractivity contribution in [1.29, 1.82) is 0 Å². The summed E-state index contributed by atoms with van der Waals surface area (Å²) < 4.78 is 0. The third-order valence-corrected chi connectivity index (χ3v) is 5.20. The van der Waals surface area contributed by atoms with Crippen LogP contribution in [0.25, 0.3) is 0 Å². The van der Waals surface area contributed by atoms with Crippen LogP contribution < -0.4 is 10.6 Å². The predicted molar refractivity (Wildman–Crippen MR) is 58.3 cm³/mol. The maximum Gasteiger partial charge on any atom is 0.241 e. The molecule has 2 saturated heterocycles. The van der Waals surface area contributed by atoms with E-state index in [1.165, 1.54) is 21.6 Å². The molecule has 2 unspecified atom stereocenters. The van der Waals surface area contributed by atoms with Gasteiger partial charge in [0.1, 0.15) is 10.5 Å².